The summed E-state index contributed by atoms with van der Waals surface area (Å²) in [6, 6.07) is 1.89. The van der Waals surface area contributed by atoms with E-state index >= 15 is 0 Å². The first kappa shape index (κ1) is 8.50. The van der Waals surface area contributed by atoms with E-state index in [2.05, 4.69) is 4.98 Å². The molecule has 0 aromatic carbocycles. The van der Waals surface area contributed by atoms with Crippen molar-refractivity contribution in [3.05, 3.63) is 28.5 Å². The van der Waals surface area contributed by atoms with Crippen LogP contribution < -0.4 is 5.73 Å². The van der Waals surface area contributed by atoms with Crippen molar-refractivity contribution in [3.63, 3.8) is 0 Å². The lowest BCUT2D eigenvalue weighted by molar-refractivity contribution is 0.779. The standard InChI is InChI=1S/C8H11ClN2/c1-5-3-8(6(2)10)11-4-7(5)9/h3-4,6H,10H2,1-2H3. The van der Waals surface area contributed by atoms with Crippen molar-refractivity contribution >= 4 is 11.6 Å². The summed E-state index contributed by atoms with van der Waals surface area (Å²) in [6.07, 6.45) is 1.63. The molecule has 0 fully saturated rings. The number of nitrogens with zero attached hydrogens (tertiary/aromatic N) is 1. The van der Waals surface area contributed by atoms with Gasteiger partial charge < -0.3 is 5.73 Å². The number of hydrogen-bond donors (Lipinski definition) is 1. The maximum Gasteiger partial charge on any atom is 0.0618 e. The summed E-state index contributed by atoms with van der Waals surface area (Å²) >= 11 is 5.78. The normalized spacial score (nSPS) is 13.1. The van der Waals surface area contributed by atoms with E-state index in [1.165, 1.54) is 0 Å². The third-order valence-corrected chi connectivity index (χ3v) is 1.93. The van der Waals surface area contributed by atoms with Crippen LogP contribution in [0.25, 0.3) is 0 Å². The summed E-state index contributed by atoms with van der Waals surface area (Å²) in [7, 11) is 0. The molecule has 0 spiro atoms. The van der Waals surface area contributed by atoms with Gasteiger partial charge in [-0.2, -0.15) is 0 Å². The summed E-state index contributed by atoms with van der Waals surface area (Å²) in [6.45, 7) is 3.84. The molecule has 0 aliphatic rings. The molecule has 2 nitrogen and oxygen atoms in total. The zero-order valence-electron chi connectivity index (χ0n) is 6.63. The van der Waals surface area contributed by atoms with Gasteiger partial charge in [0, 0.05) is 12.2 Å². The van der Waals surface area contributed by atoms with Crippen molar-refractivity contribution in [1.82, 2.24) is 4.98 Å². The van der Waals surface area contributed by atoms with E-state index in [-0.39, 0.29) is 6.04 Å². The quantitative estimate of drug-likeness (QED) is 0.701. The van der Waals surface area contributed by atoms with Gasteiger partial charge in [0.1, 0.15) is 0 Å². The van der Waals surface area contributed by atoms with E-state index in [0.29, 0.717) is 5.02 Å². The molecule has 60 valence electrons. The molecule has 0 aliphatic carbocycles. The van der Waals surface area contributed by atoms with Gasteiger partial charge in [-0.05, 0) is 25.5 Å². The van der Waals surface area contributed by atoms with Crippen LogP contribution in [0.3, 0.4) is 0 Å². The monoisotopic (exact) mass is 170 g/mol. The van der Waals surface area contributed by atoms with Crippen LogP contribution in [0, 0.1) is 6.92 Å². The summed E-state index contributed by atoms with van der Waals surface area (Å²) < 4.78 is 0. The predicted molar refractivity (Wildman–Crippen MR) is 46.6 cm³/mol. The number of nitrogens with two attached hydrogens (primary N) is 1. The molecule has 1 unspecified atom stereocenters. The summed E-state index contributed by atoms with van der Waals surface area (Å²) in [5, 5.41) is 0.689. The number of aryl methyl sites for hydroxylation is 1. The Morgan fingerprint density at radius 2 is 2.27 bits per heavy atom. The lowest BCUT2D eigenvalue weighted by Gasteiger charge is -2.05. The van der Waals surface area contributed by atoms with Crippen molar-refractivity contribution in [2.75, 3.05) is 0 Å². The largest absolute Gasteiger partial charge is 0.323 e. The lowest BCUT2D eigenvalue weighted by Crippen LogP contribution is -2.07. The number of aromatic nitrogens is 1. The molecule has 11 heavy (non-hydrogen) atoms. The van der Waals surface area contributed by atoms with Crippen molar-refractivity contribution in [3.8, 4) is 0 Å². The third kappa shape index (κ3) is 1.91. The van der Waals surface area contributed by atoms with Gasteiger partial charge in [-0.25, -0.2) is 0 Å². The van der Waals surface area contributed by atoms with E-state index < -0.39 is 0 Å². The summed E-state index contributed by atoms with van der Waals surface area (Å²) in [4.78, 5) is 4.08. The molecule has 0 aliphatic heterocycles. The molecule has 1 aromatic rings. The lowest BCUT2D eigenvalue weighted by atomic mass is 10.2. The van der Waals surface area contributed by atoms with Crippen molar-refractivity contribution in [1.29, 1.82) is 0 Å². The SMILES string of the molecule is Cc1cc(C(C)N)ncc1Cl. The Morgan fingerprint density at radius 1 is 1.64 bits per heavy atom. The highest BCUT2D eigenvalue weighted by Gasteiger charge is 2.02. The second-order valence-corrected chi connectivity index (χ2v) is 3.05. The van der Waals surface area contributed by atoms with Gasteiger partial charge in [0.25, 0.3) is 0 Å². The second kappa shape index (κ2) is 3.20. The minimum atomic E-state index is -0.0223. The van der Waals surface area contributed by atoms with Crippen molar-refractivity contribution < 1.29 is 0 Å². The van der Waals surface area contributed by atoms with Crippen molar-refractivity contribution in [2.24, 2.45) is 5.73 Å². The third-order valence-electron chi connectivity index (χ3n) is 1.53. The molecule has 0 radical (unpaired) electrons. The molecule has 2 N–H and O–H groups in total. The first-order valence-electron chi connectivity index (χ1n) is 3.49. The van der Waals surface area contributed by atoms with E-state index in [9.17, 15) is 0 Å². The van der Waals surface area contributed by atoms with Gasteiger partial charge in [-0.3, -0.25) is 4.98 Å². The molecule has 3 heteroatoms. The Labute approximate surface area is 71.4 Å². The fourth-order valence-corrected chi connectivity index (χ4v) is 0.913. The van der Waals surface area contributed by atoms with Crippen LogP contribution in [0.5, 0.6) is 0 Å². The maximum absolute atomic E-state index is 5.78. The van der Waals surface area contributed by atoms with Crippen LogP contribution in [0.4, 0.5) is 0 Å². The Balaban J connectivity index is 3.05. The predicted octanol–water partition coefficient (Wildman–Crippen LogP) is 2.06. The summed E-state index contributed by atoms with van der Waals surface area (Å²) in [5.41, 5.74) is 7.53. The fourth-order valence-electron chi connectivity index (χ4n) is 0.810. The molecule has 1 rings (SSSR count). The number of rotatable bonds is 1. The fraction of sp³-hybridized carbons (Fsp3) is 0.375. The molecule has 0 saturated heterocycles. The van der Waals surface area contributed by atoms with E-state index in [1.54, 1.807) is 6.20 Å². The Morgan fingerprint density at radius 3 is 2.73 bits per heavy atom. The minimum Gasteiger partial charge on any atom is -0.323 e. The molecule has 0 bridgehead atoms. The zero-order valence-corrected chi connectivity index (χ0v) is 7.39. The number of halogens is 1. The molecule has 1 heterocycles. The molecule has 1 atom stereocenters. The Hall–Kier alpha value is -0.600. The van der Waals surface area contributed by atoms with Gasteiger partial charge in [0.2, 0.25) is 0 Å². The van der Waals surface area contributed by atoms with Crippen LogP contribution in [0.15, 0.2) is 12.3 Å². The maximum atomic E-state index is 5.78. The molecular weight excluding hydrogens is 160 g/mol. The van der Waals surface area contributed by atoms with Crippen LogP contribution in [0.1, 0.15) is 24.2 Å². The zero-order chi connectivity index (χ0) is 8.43. The van der Waals surface area contributed by atoms with Crippen LogP contribution in [0.2, 0.25) is 5.02 Å². The molecule has 0 saturated carbocycles. The Bertz CT molecular complexity index is 258. The van der Waals surface area contributed by atoms with Gasteiger partial charge in [0.05, 0.1) is 10.7 Å². The first-order chi connectivity index (χ1) is 5.11. The van der Waals surface area contributed by atoms with Gasteiger partial charge in [-0.1, -0.05) is 11.6 Å². The number of pyridine rings is 1. The van der Waals surface area contributed by atoms with E-state index in [4.69, 9.17) is 17.3 Å². The van der Waals surface area contributed by atoms with Gasteiger partial charge in [-0.15, -0.1) is 0 Å². The molecule has 0 amide bonds. The minimum absolute atomic E-state index is 0.0223. The topological polar surface area (TPSA) is 38.9 Å². The highest BCUT2D eigenvalue weighted by molar-refractivity contribution is 6.31. The van der Waals surface area contributed by atoms with Crippen molar-refractivity contribution in [2.45, 2.75) is 19.9 Å². The average Bonchev–Trinajstić information content (AvgIpc) is 1.94. The highest BCUT2D eigenvalue weighted by atomic mass is 35.5. The van der Waals surface area contributed by atoms with Gasteiger partial charge in [0.15, 0.2) is 0 Å². The number of hydrogen-bond acceptors (Lipinski definition) is 2. The highest BCUT2D eigenvalue weighted by Crippen LogP contribution is 2.16. The molecule has 1 aromatic heterocycles. The second-order valence-electron chi connectivity index (χ2n) is 2.65. The van der Waals surface area contributed by atoms with Gasteiger partial charge >= 0.3 is 0 Å². The average molecular weight is 171 g/mol. The van der Waals surface area contributed by atoms with Crippen LogP contribution in [-0.2, 0) is 0 Å². The molecular formula is C8H11ClN2. The van der Waals surface area contributed by atoms with Crippen LogP contribution in [-0.4, -0.2) is 4.98 Å². The van der Waals surface area contributed by atoms with E-state index in [1.807, 2.05) is 19.9 Å². The first-order valence-corrected chi connectivity index (χ1v) is 3.86. The van der Waals surface area contributed by atoms with E-state index in [0.717, 1.165) is 11.3 Å². The Kier molecular flexibility index (Phi) is 2.47. The smallest absolute Gasteiger partial charge is 0.0618 e. The summed E-state index contributed by atoms with van der Waals surface area (Å²) in [5.74, 6) is 0. The van der Waals surface area contributed by atoms with Crippen LogP contribution >= 0.6 is 11.6 Å².